The summed E-state index contributed by atoms with van der Waals surface area (Å²) in [5.41, 5.74) is 0. The molecule has 0 radical (unpaired) electrons. The molecule has 0 aliphatic carbocycles. The predicted molar refractivity (Wildman–Crippen MR) is 338 cm³/mol. The number of nitrogens with one attached hydrogen (secondary N) is 1. The zero-order chi connectivity index (χ0) is 55.7. The van der Waals surface area contributed by atoms with E-state index in [1.807, 2.05) is 6.08 Å². The maximum atomic E-state index is 12.5. The van der Waals surface area contributed by atoms with Crippen molar-refractivity contribution >= 4 is 11.9 Å². The van der Waals surface area contributed by atoms with Gasteiger partial charge in [-0.3, -0.25) is 9.59 Å². The number of aliphatic hydroxyl groups excluding tert-OH is 2. The largest absolute Gasteiger partial charge is 0.466 e. The first kappa shape index (κ1) is 75.1. The standard InChI is InChI=1S/C71H135NO5/c1-3-5-7-9-11-13-15-17-18-19-20-30-33-36-40-43-47-51-55-59-63-69(74)68(67-73)72-70(75)64-60-56-52-48-44-41-37-34-31-28-26-24-22-21-23-25-27-29-32-35-38-42-46-50-54-58-62-66-77-71(76)65-61-57-53-49-45-39-16-14-12-10-8-6-4-2/h8,10,14,16,59,63,68-69,73-74H,3-7,9,11-13,15,17-58,60-62,64-67H2,1-2H3,(H,72,75)/b10-8-,16-14-,63-59+. The third kappa shape index (κ3) is 63.1. The molecule has 6 heteroatoms. The van der Waals surface area contributed by atoms with Gasteiger partial charge in [0.1, 0.15) is 0 Å². The first-order valence-electron chi connectivity index (χ1n) is 34.8. The Morgan fingerprint density at radius 2 is 0.675 bits per heavy atom. The van der Waals surface area contributed by atoms with Crippen LogP contribution in [0.15, 0.2) is 36.5 Å². The van der Waals surface area contributed by atoms with Gasteiger partial charge in [-0.1, -0.05) is 346 Å². The smallest absolute Gasteiger partial charge is 0.305 e. The number of allylic oxidation sites excluding steroid dienone is 5. The summed E-state index contributed by atoms with van der Waals surface area (Å²) in [6.07, 6.45) is 85.1. The van der Waals surface area contributed by atoms with Crippen LogP contribution < -0.4 is 5.32 Å². The number of ether oxygens (including phenoxy) is 1. The number of esters is 1. The van der Waals surface area contributed by atoms with Crippen molar-refractivity contribution in [2.75, 3.05) is 13.2 Å². The lowest BCUT2D eigenvalue weighted by Crippen LogP contribution is -2.45. The molecule has 2 atom stereocenters. The molecule has 0 fully saturated rings. The minimum atomic E-state index is -0.844. The Balaban J connectivity index is 3.38. The second-order valence-electron chi connectivity index (χ2n) is 23.9. The highest BCUT2D eigenvalue weighted by Crippen LogP contribution is 2.19. The second-order valence-corrected chi connectivity index (χ2v) is 23.9. The minimum Gasteiger partial charge on any atom is -0.466 e. The van der Waals surface area contributed by atoms with Gasteiger partial charge in [-0.2, -0.15) is 0 Å². The minimum absolute atomic E-state index is 0.00260. The van der Waals surface area contributed by atoms with Crippen molar-refractivity contribution in [2.24, 2.45) is 0 Å². The molecule has 0 aliphatic heterocycles. The van der Waals surface area contributed by atoms with Crippen LogP contribution >= 0.6 is 0 Å². The summed E-state index contributed by atoms with van der Waals surface area (Å²) in [4.78, 5) is 24.6. The van der Waals surface area contributed by atoms with E-state index in [-0.39, 0.29) is 18.5 Å². The van der Waals surface area contributed by atoms with Crippen LogP contribution in [0.3, 0.4) is 0 Å². The summed E-state index contributed by atoms with van der Waals surface area (Å²) < 4.78 is 5.48. The lowest BCUT2D eigenvalue weighted by atomic mass is 10.0. The summed E-state index contributed by atoms with van der Waals surface area (Å²) in [7, 11) is 0. The lowest BCUT2D eigenvalue weighted by Gasteiger charge is -2.20. The first-order chi connectivity index (χ1) is 38.0. The highest BCUT2D eigenvalue weighted by atomic mass is 16.5. The summed E-state index contributed by atoms with van der Waals surface area (Å²) >= 11 is 0. The summed E-state index contributed by atoms with van der Waals surface area (Å²) in [6.45, 7) is 4.87. The predicted octanol–water partition coefficient (Wildman–Crippen LogP) is 22.3. The lowest BCUT2D eigenvalue weighted by molar-refractivity contribution is -0.143. The van der Waals surface area contributed by atoms with Crippen LogP contribution in [0.5, 0.6) is 0 Å². The van der Waals surface area contributed by atoms with Gasteiger partial charge < -0.3 is 20.3 Å². The molecule has 0 rings (SSSR count). The Hall–Kier alpha value is -1.92. The van der Waals surface area contributed by atoms with Crippen LogP contribution in [0.1, 0.15) is 380 Å². The van der Waals surface area contributed by atoms with Gasteiger partial charge in [0.15, 0.2) is 0 Å². The molecule has 77 heavy (non-hydrogen) atoms. The molecule has 3 N–H and O–H groups in total. The Morgan fingerprint density at radius 1 is 0.364 bits per heavy atom. The van der Waals surface area contributed by atoms with E-state index in [2.05, 4.69) is 43.5 Å². The Bertz CT molecular complexity index is 1250. The van der Waals surface area contributed by atoms with Crippen LogP contribution in [0.25, 0.3) is 0 Å². The molecule has 454 valence electrons. The van der Waals surface area contributed by atoms with Crippen molar-refractivity contribution < 1.29 is 24.5 Å². The summed E-state index contributed by atoms with van der Waals surface area (Å²) in [5.74, 6) is -0.0593. The fourth-order valence-electron chi connectivity index (χ4n) is 10.9. The number of hydrogen-bond donors (Lipinski definition) is 3. The van der Waals surface area contributed by atoms with Crippen LogP contribution in [0, 0.1) is 0 Å². The Morgan fingerprint density at radius 3 is 1.04 bits per heavy atom. The molecule has 0 saturated heterocycles. The van der Waals surface area contributed by atoms with E-state index >= 15 is 0 Å². The fraction of sp³-hybridized carbons (Fsp3) is 0.887. The van der Waals surface area contributed by atoms with Gasteiger partial charge in [0.2, 0.25) is 5.91 Å². The number of rotatable bonds is 65. The van der Waals surface area contributed by atoms with E-state index in [0.717, 1.165) is 51.4 Å². The summed E-state index contributed by atoms with van der Waals surface area (Å²) in [6, 6.07) is -0.627. The van der Waals surface area contributed by atoms with Crippen molar-refractivity contribution in [1.82, 2.24) is 5.32 Å². The molecular formula is C71H135NO5. The van der Waals surface area contributed by atoms with E-state index in [0.29, 0.717) is 19.4 Å². The number of carbonyl (C=O) groups is 2. The van der Waals surface area contributed by atoms with Gasteiger partial charge in [0, 0.05) is 12.8 Å². The van der Waals surface area contributed by atoms with Gasteiger partial charge in [-0.25, -0.2) is 0 Å². The maximum Gasteiger partial charge on any atom is 0.305 e. The van der Waals surface area contributed by atoms with Gasteiger partial charge in [-0.05, 0) is 57.8 Å². The molecule has 0 aliphatic rings. The van der Waals surface area contributed by atoms with Crippen LogP contribution in [-0.2, 0) is 14.3 Å². The van der Waals surface area contributed by atoms with Crippen molar-refractivity contribution in [3.8, 4) is 0 Å². The van der Waals surface area contributed by atoms with Crippen LogP contribution in [-0.4, -0.2) is 47.4 Å². The first-order valence-corrected chi connectivity index (χ1v) is 34.8. The van der Waals surface area contributed by atoms with Gasteiger partial charge >= 0.3 is 5.97 Å². The van der Waals surface area contributed by atoms with Crippen molar-refractivity contribution in [1.29, 1.82) is 0 Å². The molecule has 0 spiro atoms. The second kappa shape index (κ2) is 66.6. The summed E-state index contributed by atoms with van der Waals surface area (Å²) in [5, 5.41) is 23.2. The molecule has 0 bridgehead atoms. The molecule has 0 heterocycles. The monoisotopic (exact) mass is 1080 g/mol. The highest BCUT2D eigenvalue weighted by molar-refractivity contribution is 5.76. The molecule has 2 unspecified atom stereocenters. The number of amides is 1. The van der Waals surface area contributed by atoms with Crippen molar-refractivity contribution in [3.63, 3.8) is 0 Å². The van der Waals surface area contributed by atoms with Crippen LogP contribution in [0.2, 0.25) is 0 Å². The van der Waals surface area contributed by atoms with Crippen molar-refractivity contribution in [2.45, 2.75) is 392 Å². The Labute approximate surface area is 481 Å². The number of aliphatic hydroxyl groups is 2. The molecule has 0 aromatic heterocycles. The third-order valence-electron chi connectivity index (χ3n) is 16.1. The van der Waals surface area contributed by atoms with Crippen molar-refractivity contribution in [3.05, 3.63) is 36.5 Å². The SMILES string of the molecule is CCC/C=C\C/C=C\CCCCCCCC(=O)OCCCCCCCCCCCCCCCCCCCCCCCCCCCCCC(=O)NC(CO)C(O)/C=C/CCCCCCCCCCCCCCCCCCCC. The molecule has 0 saturated carbocycles. The molecular weight excluding hydrogens is 947 g/mol. The maximum absolute atomic E-state index is 12.5. The van der Waals surface area contributed by atoms with Gasteiger partial charge in [-0.15, -0.1) is 0 Å². The molecule has 0 aromatic carbocycles. The molecule has 6 nitrogen and oxygen atoms in total. The average Bonchev–Trinajstić information content (AvgIpc) is 3.43. The van der Waals surface area contributed by atoms with E-state index in [1.54, 1.807) is 6.08 Å². The number of unbranched alkanes of at least 4 members (excludes halogenated alkanes) is 50. The average molecular weight is 1080 g/mol. The van der Waals surface area contributed by atoms with Gasteiger partial charge in [0.25, 0.3) is 0 Å². The van der Waals surface area contributed by atoms with E-state index < -0.39 is 12.1 Å². The third-order valence-corrected chi connectivity index (χ3v) is 16.1. The topological polar surface area (TPSA) is 95.9 Å². The molecule has 1 amide bonds. The molecule has 0 aromatic rings. The van der Waals surface area contributed by atoms with E-state index in [4.69, 9.17) is 4.74 Å². The number of carbonyl (C=O) groups excluding carboxylic acids is 2. The van der Waals surface area contributed by atoms with E-state index in [9.17, 15) is 19.8 Å². The zero-order valence-corrected chi connectivity index (χ0v) is 52.0. The highest BCUT2D eigenvalue weighted by Gasteiger charge is 2.18. The zero-order valence-electron chi connectivity index (χ0n) is 52.0. The Kier molecular flexibility index (Phi) is 64.9. The van der Waals surface area contributed by atoms with E-state index in [1.165, 1.54) is 302 Å². The normalized spacial score (nSPS) is 12.7. The fourth-order valence-corrected chi connectivity index (χ4v) is 10.9. The van der Waals surface area contributed by atoms with Crippen LogP contribution in [0.4, 0.5) is 0 Å². The van der Waals surface area contributed by atoms with Gasteiger partial charge in [0.05, 0.1) is 25.4 Å². The quantitative estimate of drug-likeness (QED) is 0.0320. The number of hydrogen-bond acceptors (Lipinski definition) is 5.